The molecule has 6 nitrogen and oxygen atoms in total. The fourth-order valence-corrected chi connectivity index (χ4v) is 1.15. The molecule has 0 bridgehead atoms. The SMILES string of the molecule is CN(CO)S(=O)(=O)N(C)CO. The van der Waals surface area contributed by atoms with Gasteiger partial charge in [-0.2, -0.15) is 17.0 Å². The van der Waals surface area contributed by atoms with Crippen molar-refractivity contribution in [3.05, 3.63) is 0 Å². The molecule has 0 aromatic heterocycles. The molecule has 0 fully saturated rings. The first-order chi connectivity index (χ1) is 4.96. The van der Waals surface area contributed by atoms with E-state index in [1.165, 1.54) is 14.1 Å². The van der Waals surface area contributed by atoms with Gasteiger partial charge in [0.05, 0.1) is 0 Å². The summed E-state index contributed by atoms with van der Waals surface area (Å²) in [6.45, 7) is -1.21. The van der Waals surface area contributed by atoms with Gasteiger partial charge in [0.1, 0.15) is 13.5 Å². The monoisotopic (exact) mass is 184 g/mol. The molecule has 2 N–H and O–H groups in total. The van der Waals surface area contributed by atoms with Crippen LogP contribution in [-0.4, -0.2) is 54.8 Å². The second-order valence-electron chi connectivity index (χ2n) is 1.99. The molecule has 0 spiro atoms. The Labute approximate surface area is 65.8 Å². The van der Waals surface area contributed by atoms with E-state index in [-0.39, 0.29) is 0 Å². The first-order valence-corrected chi connectivity index (χ1v) is 4.25. The standard InChI is InChI=1S/C4H12N2O4S/c1-5(3-7)11(9,10)6(2)4-8/h7-8H,3-4H2,1-2H3. The average molecular weight is 184 g/mol. The van der Waals surface area contributed by atoms with Crippen LogP contribution in [0.4, 0.5) is 0 Å². The Bertz CT molecular complexity index is 186. The molecule has 0 aromatic rings. The molecule has 0 aliphatic carbocycles. The van der Waals surface area contributed by atoms with Gasteiger partial charge in [-0.1, -0.05) is 0 Å². The number of aliphatic hydroxyl groups excluding tert-OH is 2. The van der Waals surface area contributed by atoms with Crippen LogP contribution in [0.25, 0.3) is 0 Å². The molecular formula is C4H12N2O4S. The van der Waals surface area contributed by atoms with Crippen LogP contribution in [0.2, 0.25) is 0 Å². The number of hydrogen-bond donors (Lipinski definition) is 2. The zero-order valence-corrected chi connectivity index (χ0v) is 7.24. The smallest absolute Gasteiger partial charge is 0.285 e. The molecule has 0 saturated carbocycles. The molecule has 11 heavy (non-hydrogen) atoms. The third kappa shape index (κ3) is 2.38. The molecule has 0 unspecified atom stereocenters. The normalized spacial score (nSPS) is 12.9. The molecule has 0 aliphatic heterocycles. The summed E-state index contributed by atoms with van der Waals surface area (Å²) in [5, 5.41) is 16.9. The first-order valence-electron chi connectivity index (χ1n) is 2.86. The van der Waals surface area contributed by atoms with Crippen LogP contribution < -0.4 is 0 Å². The summed E-state index contributed by atoms with van der Waals surface area (Å²) in [4.78, 5) is 0. The van der Waals surface area contributed by atoms with Gasteiger partial charge in [0.15, 0.2) is 0 Å². The van der Waals surface area contributed by atoms with Crippen molar-refractivity contribution < 1.29 is 18.6 Å². The highest BCUT2D eigenvalue weighted by atomic mass is 32.2. The lowest BCUT2D eigenvalue weighted by Crippen LogP contribution is -2.40. The maximum atomic E-state index is 11.0. The Hall–Kier alpha value is -0.210. The Balaban J connectivity index is 4.46. The lowest BCUT2D eigenvalue weighted by Gasteiger charge is -2.20. The van der Waals surface area contributed by atoms with Crippen molar-refractivity contribution in [1.82, 2.24) is 8.61 Å². The van der Waals surface area contributed by atoms with Crippen molar-refractivity contribution in [2.75, 3.05) is 27.6 Å². The van der Waals surface area contributed by atoms with Crippen molar-refractivity contribution >= 4 is 10.2 Å². The third-order valence-corrected chi connectivity index (χ3v) is 2.99. The van der Waals surface area contributed by atoms with Gasteiger partial charge in [0.2, 0.25) is 0 Å². The van der Waals surface area contributed by atoms with E-state index < -0.39 is 23.7 Å². The van der Waals surface area contributed by atoms with E-state index in [0.29, 0.717) is 8.61 Å². The molecule has 0 aromatic carbocycles. The molecule has 0 saturated heterocycles. The summed E-state index contributed by atoms with van der Waals surface area (Å²) in [6, 6.07) is 0. The molecule has 0 aliphatic rings. The summed E-state index contributed by atoms with van der Waals surface area (Å²) in [6.07, 6.45) is 0. The highest BCUT2D eigenvalue weighted by molar-refractivity contribution is 7.86. The average Bonchev–Trinajstić information content (AvgIpc) is 2.01. The second-order valence-corrected chi connectivity index (χ2v) is 4.13. The Kier molecular flexibility index (Phi) is 3.90. The van der Waals surface area contributed by atoms with Gasteiger partial charge in [-0.25, -0.2) is 0 Å². The van der Waals surface area contributed by atoms with Gasteiger partial charge < -0.3 is 10.2 Å². The number of aliphatic hydroxyl groups is 2. The van der Waals surface area contributed by atoms with Crippen LogP contribution in [0.15, 0.2) is 0 Å². The van der Waals surface area contributed by atoms with E-state index in [0.717, 1.165) is 0 Å². The van der Waals surface area contributed by atoms with Crippen molar-refractivity contribution in [1.29, 1.82) is 0 Å². The van der Waals surface area contributed by atoms with Crippen molar-refractivity contribution in [2.45, 2.75) is 0 Å². The van der Waals surface area contributed by atoms with E-state index in [9.17, 15) is 8.42 Å². The molecule has 68 valence electrons. The minimum atomic E-state index is -3.67. The summed E-state index contributed by atoms with van der Waals surface area (Å²) >= 11 is 0. The highest BCUT2D eigenvalue weighted by Crippen LogP contribution is 1.99. The quantitative estimate of drug-likeness (QED) is 0.495. The van der Waals surface area contributed by atoms with E-state index in [1.54, 1.807) is 0 Å². The van der Waals surface area contributed by atoms with Crippen LogP contribution in [0.1, 0.15) is 0 Å². The predicted molar refractivity (Wildman–Crippen MR) is 38.6 cm³/mol. The van der Waals surface area contributed by atoms with Gasteiger partial charge in [-0.3, -0.25) is 0 Å². The van der Waals surface area contributed by atoms with Crippen LogP contribution in [-0.2, 0) is 10.2 Å². The van der Waals surface area contributed by atoms with Gasteiger partial charge in [-0.15, -0.1) is 0 Å². The van der Waals surface area contributed by atoms with E-state index >= 15 is 0 Å². The fourth-order valence-electron chi connectivity index (χ4n) is 0.384. The summed E-state index contributed by atoms with van der Waals surface area (Å²) < 4.78 is 23.5. The van der Waals surface area contributed by atoms with E-state index in [1.807, 2.05) is 0 Å². The fraction of sp³-hybridized carbons (Fsp3) is 1.00. The van der Waals surface area contributed by atoms with Crippen molar-refractivity contribution in [2.24, 2.45) is 0 Å². The summed E-state index contributed by atoms with van der Waals surface area (Å²) in [7, 11) is -1.25. The Morgan fingerprint density at radius 2 is 1.36 bits per heavy atom. The molecule has 7 heteroatoms. The topological polar surface area (TPSA) is 81.1 Å². The van der Waals surface area contributed by atoms with Crippen molar-refractivity contribution in [3.8, 4) is 0 Å². The zero-order chi connectivity index (χ0) is 9.07. The van der Waals surface area contributed by atoms with Crippen LogP contribution in [0.5, 0.6) is 0 Å². The lowest BCUT2D eigenvalue weighted by atomic mass is 11.2. The molecule has 0 atom stereocenters. The first kappa shape index (κ1) is 10.8. The van der Waals surface area contributed by atoms with E-state index in [4.69, 9.17) is 10.2 Å². The second kappa shape index (κ2) is 3.98. The molecule has 0 radical (unpaired) electrons. The van der Waals surface area contributed by atoms with Gasteiger partial charge >= 0.3 is 0 Å². The van der Waals surface area contributed by atoms with Crippen molar-refractivity contribution in [3.63, 3.8) is 0 Å². The minimum Gasteiger partial charge on any atom is -0.380 e. The van der Waals surface area contributed by atoms with Gasteiger partial charge in [-0.05, 0) is 0 Å². The largest absolute Gasteiger partial charge is 0.380 e. The Morgan fingerprint density at radius 1 is 1.09 bits per heavy atom. The zero-order valence-electron chi connectivity index (χ0n) is 6.43. The molecule has 0 amide bonds. The highest BCUT2D eigenvalue weighted by Gasteiger charge is 2.21. The van der Waals surface area contributed by atoms with Crippen LogP contribution >= 0.6 is 0 Å². The predicted octanol–water partition coefficient (Wildman–Crippen LogP) is -2.01. The summed E-state index contributed by atoms with van der Waals surface area (Å²) in [5.41, 5.74) is 0. The number of hydrogen-bond acceptors (Lipinski definition) is 4. The van der Waals surface area contributed by atoms with Crippen LogP contribution in [0.3, 0.4) is 0 Å². The minimum absolute atomic E-state index is 0.604. The lowest BCUT2D eigenvalue weighted by molar-refractivity contribution is 0.165. The number of rotatable bonds is 4. The number of nitrogens with zero attached hydrogens (tertiary/aromatic N) is 2. The maximum Gasteiger partial charge on any atom is 0.285 e. The van der Waals surface area contributed by atoms with Gasteiger partial charge in [0, 0.05) is 14.1 Å². The maximum absolute atomic E-state index is 11.0. The Morgan fingerprint density at radius 3 is 1.55 bits per heavy atom. The molecular weight excluding hydrogens is 172 g/mol. The summed E-state index contributed by atoms with van der Waals surface area (Å²) in [5.74, 6) is 0. The molecule has 0 heterocycles. The van der Waals surface area contributed by atoms with E-state index in [2.05, 4.69) is 0 Å². The van der Waals surface area contributed by atoms with Crippen LogP contribution in [0, 0.1) is 0 Å². The third-order valence-electron chi connectivity index (χ3n) is 1.19. The van der Waals surface area contributed by atoms with Gasteiger partial charge in [0.25, 0.3) is 10.2 Å². The molecule has 0 rings (SSSR count).